The van der Waals surface area contributed by atoms with Crippen molar-refractivity contribution in [2.75, 3.05) is 0 Å². The lowest BCUT2D eigenvalue weighted by Crippen LogP contribution is -2.01. The number of thiophene rings is 1. The van der Waals surface area contributed by atoms with Gasteiger partial charge in [0.2, 0.25) is 0 Å². The van der Waals surface area contributed by atoms with Crippen LogP contribution in [0.5, 0.6) is 0 Å². The number of hydrogen-bond donors (Lipinski definition) is 0. The number of aromatic nitrogens is 4. The summed E-state index contributed by atoms with van der Waals surface area (Å²) in [6.07, 6.45) is 1.98. The summed E-state index contributed by atoms with van der Waals surface area (Å²) in [7, 11) is 0. The Hall–Kier alpha value is -6.04. The molecule has 0 fully saturated rings. The van der Waals surface area contributed by atoms with Gasteiger partial charge in [0.05, 0.1) is 0 Å². The van der Waals surface area contributed by atoms with E-state index in [2.05, 4.69) is 91.0 Å². The Morgan fingerprint density at radius 3 is 1.79 bits per heavy atom. The summed E-state index contributed by atoms with van der Waals surface area (Å²) in [5, 5.41) is 4.78. The van der Waals surface area contributed by atoms with E-state index in [9.17, 15) is 0 Å². The minimum absolute atomic E-state index is 0.623. The molecule has 0 bridgehead atoms. The maximum absolute atomic E-state index is 5.13. The third-order valence-corrected chi connectivity index (χ3v) is 9.68. The molecule has 3 aromatic heterocycles. The van der Waals surface area contributed by atoms with Crippen molar-refractivity contribution in [1.82, 2.24) is 19.9 Å². The lowest BCUT2D eigenvalue weighted by molar-refractivity contribution is 1.07. The third kappa shape index (κ3) is 5.03. The Morgan fingerprint density at radius 2 is 1.02 bits per heavy atom. The molecule has 0 saturated heterocycles. The summed E-state index contributed by atoms with van der Waals surface area (Å²) in [5.74, 6) is 1.90. The Kier molecular flexibility index (Phi) is 6.61. The SMILES string of the molecule is c1ccc(-c2nc(-c3ccccc3)nc(-c3cc(-c4cnc5sc6ccccc6c5c4)ccc3-c3ccc4ccccc4c3)n2)cc1. The van der Waals surface area contributed by atoms with Crippen LogP contribution in [0.3, 0.4) is 0 Å². The highest BCUT2D eigenvalue weighted by molar-refractivity contribution is 7.25. The van der Waals surface area contributed by atoms with Crippen LogP contribution in [0.15, 0.2) is 158 Å². The van der Waals surface area contributed by atoms with Crippen LogP contribution >= 0.6 is 11.3 Å². The lowest BCUT2D eigenvalue weighted by Gasteiger charge is -2.14. The first-order valence-corrected chi connectivity index (χ1v) is 16.4. The molecule has 0 aliphatic carbocycles. The van der Waals surface area contributed by atoms with Gasteiger partial charge in [-0.25, -0.2) is 19.9 Å². The van der Waals surface area contributed by atoms with Crippen molar-refractivity contribution in [1.29, 1.82) is 0 Å². The molecular formula is C42H26N4S. The van der Waals surface area contributed by atoms with Gasteiger partial charge < -0.3 is 0 Å². The summed E-state index contributed by atoms with van der Waals surface area (Å²) in [5.41, 5.74) is 7.07. The molecule has 9 aromatic rings. The quantitative estimate of drug-likeness (QED) is 0.193. The average Bonchev–Trinajstić information content (AvgIpc) is 3.53. The molecule has 47 heavy (non-hydrogen) atoms. The molecule has 220 valence electrons. The number of hydrogen-bond acceptors (Lipinski definition) is 5. The first kappa shape index (κ1) is 27.3. The van der Waals surface area contributed by atoms with Crippen LogP contribution in [0.1, 0.15) is 0 Å². The molecule has 0 amide bonds. The topological polar surface area (TPSA) is 51.6 Å². The number of pyridine rings is 1. The zero-order valence-corrected chi connectivity index (χ0v) is 26.0. The molecule has 4 nitrogen and oxygen atoms in total. The number of benzene rings is 6. The molecule has 0 unspecified atom stereocenters. The van der Waals surface area contributed by atoms with Crippen molar-refractivity contribution in [3.63, 3.8) is 0 Å². The van der Waals surface area contributed by atoms with E-state index in [0.29, 0.717) is 17.5 Å². The molecule has 0 N–H and O–H groups in total. The monoisotopic (exact) mass is 618 g/mol. The highest BCUT2D eigenvalue weighted by Crippen LogP contribution is 2.39. The third-order valence-electron chi connectivity index (χ3n) is 8.59. The molecule has 0 atom stereocenters. The molecule has 5 heteroatoms. The van der Waals surface area contributed by atoms with E-state index in [1.165, 1.54) is 26.2 Å². The summed E-state index contributed by atoms with van der Waals surface area (Å²) < 4.78 is 1.24. The van der Waals surface area contributed by atoms with Crippen molar-refractivity contribution >= 4 is 42.4 Å². The first-order chi connectivity index (χ1) is 23.3. The van der Waals surface area contributed by atoms with Crippen LogP contribution in [0.4, 0.5) is 0 Å². The van der Waals surface area contributed by atoms with Crippen LogP contribution in [0.2, 0.25) is 0 Å². The zero-order valence-electron chi connectivity index (χ0n) is 25.2. The van der Waals surface area contributed by atoms with Crippen LogP contribution in [-0.4, -0.2) is 19.9 Å². The molecule has 0 aliphatic heterocycles. The number of rotatable bonds is 5. The fourth-order valence-corrected chi connectivity index (χ4v) is 7.24. The van der Waals surface area contributed by atoms with Crippen molar-refractivity contribution in [3.05, 3.63) is 158 Å². The predicted octanol–water partition coefficient (Wildman–Crippen LogP) is 11.1. The number of fused-ring (bicyclic) bond motifs is 4. The van der Waals surface area contributed by atoms with Crippen molar-refractivity contribution < 1.29 is 0 Å². The molecule has 0 aliphatic rings. The highest BCUT2D eigenvalue weighted by Gasteiger charge is 2.18. The minimum atomic E-state index is 0.623. The smallest absolute Gasteiger partial charge is 0.164 e. The van der Waals surface area contributed by atoms with Gasteiger partial charge in [0, 0.05) is 43.9 Å². The highest BCUT2D eigenvalue weighted by atomic mass is 32.1. The summed E-state index contributed by atoms with van der Waals surface area (Å²) in [6.45, 7) is 0. The molecule has 9 rings (SSSR count). The van der Waals surface area contributed by atoms with Gasteiger partial charge in [-0.05, 0) is 51.7 Å². The fourth-order valence-electron chi connectivity index (χ4n) is 6.21. The molecule has 0 spiro atoms. The van der Waals surface area contributed by atoms with E-state index in [1.54, 1.807) is 11.3 Å². The van der Waals surface area contributed by atoms with Crippen LogP contribution < -0.4 is 0 Å². The van der Waals surface area contributed by atoms with Gasteiger partial charge in [0.25, 0.3) is 0 Å². The first-order valence-electron chi connectivity index (χ1n) is 15.5. The average molecular weight is 619 g/mol. The zero-order chi connectivity index (χ0) is 31.2. The number of nitrogens with zero attached hydrogens (tertiary/aromatic N) is 4. The summed E-state index contributed by atoms with van der Waals surface area (Å²) in [4.78, 5) is 21.1. The van der Waals surface area contributed by atoms with Gasteiger partial charge in [-0.15, -0.1) is 11.3 Å². The Labute approximate surface area is 275 Å². The largest absolute Gasteiger partial charge is 0.245 e. The van der Waals surface area contributed by atoms with Crippen LogP contribution in [0, 0.1) is 0 Å². The maximum Gasteiger partial charge on any atom is 0.164 e. The molecule has 0 radical (unpaired) electrons. The van der Waals surface area contributed by atoms with Crippen molar-refractivity contribution in [2.24, 2.45) is 0 Å². The Balaban J connectivity index is 1.29. The normalized spacial score (nSPS) is 11.4. The molecule has 0 saturated carbocycles. The summed E-state index contributed by atoms with van der Waals surface area (Å²) in [6, 6.07) is 52.7. The maximum atomic E-state index is 5.13. The lowest BCUT2D eigenvalue weighted by atomic mass is 9.93. The second-order valence-corrected chi connectivity index (χ2v) is 12.6. The van der Waals surface area contributed by atoms with E-state index in [0.717, 1.165) is 43.8 Å². The van der Waals surface area contributed by atoms with Gasteiger partial charge in [-0.3, -0.25) is 0 Å². The second kappa shape index (κ2) is 11.4. The van der Waals surface area contributed by atoms with E-state index < -0.39 is 0 Å². The predicted molar refractivity (Wildman–Crippen MR) is 195 cm³/mol. The Bertz CT molecular complexity index is 2520. The molecule has 6 aromatic carbocycles. The van der Waals surface area contributed by atoms with E-state index in [4.69, 9.17) is 19.9 Å². The second-order valence-electron chi connectivity index (χ2n) is 11.5. The van der Waals surface area contributed by atoms with E-state index >= 15 is 0 Å². The van der Waals surface area contributed by atoms with Crippen LogP contribution in [0.25, 0.3) is 87.5 Å². The van der Waals surface area contributed by atoms with Gasteiger partial charge in [0.15, 0.2) is 17.5 Å². The van der Waals surface area contributed by atoms with Gasteiger partial charge >= 0.3 is 0 Å². The van der Waals surface area contributed by atoms with Gasteiger partial charge in [-0.1, -0.05) is 127 Å². The van der Waals surface area contributed by atoms with Crippen molar-refractivity contribution in [2.45, 2.75) is 0 Å². The van der Waals surface area contributed by atoms with E-state index in [-0.39, 0.29) is 0 Å². The summed E-state index contributed by atoms with van der Waals surface area (Å²) >= 11 is 1.73. The fraction of sp³-hybridized carbons (Fsp3) is 0. The minimum Gasteiger partial charge on any atom is -0.245 e. The van der Waals surface area contributed by atoms with Gasteiger partial charge in [0.1, 0.15) is 4.83 Å². The standard InChI is InChI=1S/C42H26N4S/c1-3-12-28(13-4-1)39-44-40(29-14-5-2-6-15-29)46-41(45-39)36-24-31(21-22-34(36)32-20-19-27-11-7-8-16-30(27)23-32)33-25-37-35-17-9-10-18-38(35)47-42(37)43-26-33/h1-26H. The van der Waals surface area contributed by atoms with Crippen LogP contribution in [-0.2, 0) is 0 Å². The van der Waals surface area contributed by atoms with E-state index in [1.807, 2.05) is 66.9 Å². The van der Waals surface area contributed by atoms with Crippen molar-refractivity contribution in [3.8, 4) is 56.4 Å². The van der Waals surface area contributed by atoms with Gasteiger partial charge in [-0.2, -0.15) is 0 Å². The molecule has 3 heterocycles. The Morgan fingerprint density at radius 1 is 0.383 bits per heavy atom. The molecular weight excluding hydrogens is 593 g/mol.